The van der Waals surface area contributed by atoms with Crippen molar-refractivity contribution in [3.63, 3.8) is 0 Å². The Labute approximate surface area is 61.9 Å². The second-order valence-corrected chi connectivity index (χ2v) is 3.40. The Morgan fingerprint density at radius 1 is 1.10 bits per heavy atom. The van der Waals surface area contributed by atoms with Gasteiger partial charge in [-0.2, -0.15) is 0 Å². The second kappa shape index (κ2) is 1.63. The Kier molecular flexibility index (Phi) is 0.971. The molecule has 0 spiro atoms. The molecule has 0 N–H and O–H groups in total. The summed E-state index contributed by atoms with van der Waals surface area (Å²) in [5.74, 6) is 1.29. The van der Waals surface area contributed by atoms with E-state index >= 15 is 0 Å². The first kappa shape index (κ1) is 5.96. The molecule has 52 valence electrons. The van der Waals surface area contributed by atoms with Crippen LogP contribution in [0.25, 0.3) is 0 Å². The van der Waals surface area contributed by atoms with Crippen LogP contribution in [0.1, 0.15) is 12.8 Å². The highest BCUT2D eigenvalue weighted by atomic mass is 14.4. The summed E-state index contributed by atoms with van der Waals surface area (Å²) in [6.45, 7) is 12.0. The molecular formula is C10H12. The van der Waals surface area contributed by atoms with Gasteiger partial charge in [0.05, 0.1) is 0 Å². The predicted molar refractivity (Wildman–Crippen MR) is 43.6 cm³/mol. The van der Waals surface area contributed by atoms with Gasteiger partial charge in [0, 0.05) is 5.92 Å². The summed E-state index contributed by atoms with van der Waals surface area (Å²) in [6, 6.07) is 0. The topological polar surface area (TPSA) is 0 Å². The zero-order chi connectivity index (χ0) is 7.30. The van der Waals surface area contributed by atoms with E-state index in [4.69, 9.17) is 0 Å². The van der Waals surface area contributed by atoms with Gasteiger partial charge in [0.1, 0.15) is 0 Å². The molecule has 0 amide bonds. The maximum absolute atomic E-state index is 4.02. The van der Waals surface area contributed by atoms with E-state index in [1.165, 1.54) is 29.6 Å². The van der Waals surface area contributed by atoms with Crippen molar-refractivity contribution in [2.75, 3.05) is 0 Å². The number of rotatable bonds is 0. The molecule has 2 aliphatic rings. The molecule has 2 rings (SSSR count). The molecular weight excluding hydrogens is 120 g/mol. The minimum absolute atomic E-state index is 0.595. The van der Waals surface area contributed by atoms with Crippen LogP contribution < -0.4 is 0 Å². The van der Waals surface area contributed by atoms with E-state index < -0.39 is 0 Å². The summed E-state index contributed by atoms with van der Waals surface area (Å²) < 4.78 is 0. The third-order valence-corrected chi connectivity index (χ3v) is 2.85. The predicted octanol–water partition coefficient (Wildman–Crippen LogP) is 2.69. The van der Waals surface area contributed by atoms with Gasteiger partial charge in [-0.15, -0.1) is 0 Å². The fourth-order valence-corrected chi connectivity index (χ4v) is 2.13. The molecule has 0 aromatic carbocycles. The van der Waals surface area contributed by atoms with Crippen LogP contribution in [0.15, 0.2) is 36.5 Å². The van der Waals surface area contributed by atoms with Crippen LogP contribution in [0.2, 0.25) is 0 Å². The van der Waals surface area contributed by atoms with Crippen LogP contribution in [0.5, 0.6) is 0 Å². The van der Waals surface area contributed by atoms with E-state index in [9.17, 15) is 0 Å². The summed E-state index contributed by atoms with van der Waals surface area (Å²) in [5.41, 5.74) is 3.92. The Hall–Kier alpha value is -0.780. The minimum atomic E-state index is 0.595. The quantitative estimate of drug-likeness (QED) is 0.444. The lowest BCUT2D eigenvalue weighted by Gasteiger charge is -2.16. The van der Waals surface area contributed by atoms with E-state index in [0.717, 1.165) is 0 Å². The highest BCUT2D eigenvalue weighted by molar-refractivity contribution is 5.45. The highest BCUT2D eigenvalue weighted by Crippen LogP contribution is 2.52. The molecule has 2 atom stereocenters. The molecule has 0 radical (unpaired) electrons. The van der Waals surface area contributed by atoms with Crippen molar-refractivity contribution in [2.24, 2.45) is 11.8 Å². The minimum Gasteiger partial charge on any atom is -0.0992 e. The average molecular weight is 132 g/mol. The molecule has 0 aromatic rings. The van der Waals surface area contributed by atoms with E-state index in [1.807, 2.05) is 0 Å². The van der Waals surface area contributed by atoms with Crippen LogP contribution >= 0.6 is 0 Å². The lowest BCUT2D eigenvalue weighted by atomic mass is 9.89. The Bertz CT molecular complexity index is 232. The normalized spacial score (nSPS) is 37.8. The SMILES string of the molecule is C=C1C[C@H]2CC1C(=C)C2=C. The smallest absolute Gasteiger partial charge is 0.00483 e. The standard InChI is InChI=1S/C10H12/c1-6-4-9-5-10(6)8(3)7(9)2/h9-10H,1-5H2/t9-,10?/m0/s1. The lowest BCUT2D eigenvalue weighted by molar-refractivity contribution is 0.691. The fraction of sp³-hybridized carbons (Fsp3) is 0.400. The first-order chi connectivity index (χ1) is 4.70. The van der Waals surface area contributed by atoms with Gasteiger partial charge in [-0.1, -0.05) is 25.3 Å². The first-order valence-electron chi connectivity index (χ1n) is 3.75. The summed E-state index contributed by atoms with van der Waals surface area (Å²) in [5, 5.41) is 0. The largest absolute Gasteiger partial charge is 0.0992 e. The monoisotopic (exact) mass is 132 g/mol. The van der Waals surface area contributed by atoms with Gasteiger partial charge in [-0.05, 0) is 29.9 Å². The van der Waals surface area contributed by atoms with Gasteiger partial charge < -0.3 is 0 Å². The fourth-order valence-electron chi connectivity index (χ4n) is 2.13. The van der Waals surface area contributed by atoms with E-state index in [-0.39, 0.29) is 0 Å². The molecule has 2 saturated carbocycles. The molecule has 2 fully saturated rings. The lowest BCUT2D eigenvalue weighted by Crippen LogP contribution is -2.02. The van der Waals surface area contributed by atoms with E-state index in [0.29, 0.717) is 11.8 Å². The molecule has 0 heterocycles. The zero-order valence-corrected chi connectivity index (χ0v) is 6.19. The molecule has 0 nitrogen and oxygen atoms in total. The first-order valence-corrected chi connectivity index (χ1v) is 3.75. The van der Waals surface area contributed by atoms with Crippen LogP contribution in [-0.2, 0) is 0 Å². The molecule has 0 aliphatic heterocycles. The van der Waals surface area contributed by atoms with Crippen LogP contribution in [0, 0.1) is 11.8 Å². The van der Waals surface area contributed by atoms with Gasteiger partial charge >= 0.3 is 0 Å². The molecule has 1 unspecified atom stereocenters. The van der Waals surface area contributed by atoms with Gasteiger partial charge in [0.2, 0.25) is 0 Å². The molecule has 10 heavy (non-hydrogen) atoms. The van der Waals surface area contributed by atoms with Crippen molar-refractivity contribution in [2.45, 2.75) is 12.8 Å². The maximum Gasteiger partial charge on any atom is 0.00483 e. The molecule has 2 aliphatic carbocycles. The summed E-state index contributed by atoms with van der Waals surface area (Å²) in [4.78, 5) is 0. The number of allylic oxidation sites excluding steroid dienone is 3. The van der Waals surface area contributed by atoms with Crippen LogP contribution in [-0.4, -0.2) is 0 Å². The summed E-state index contributed by atoms with van der Waals surface area (Å²) in [7, 11) is 0. The van der Waals surface area contributed by atoms with Crippen molar-refractivity contribution in [3.8, 4) is 0 Å². The third-order valence-electron chi connectivity index (χ3n) is 2.85. The van der Waals surface area contributed by atoms with Crippen molar-refractivity contribution in [3.05, 3.63) is 36.5 Å². The van der Waals surface area contributed by atoms with Crippen molar-refractivity contribution in [1.29, 1.82) is 0 Å². The average Bonchev–Trinajstić information content (AvgIpc) is 2.36. The van der Waals surface area contributed by atoms with Gasteiger partial charge in [0.15, 0.2) is 0 Å². The summed E-state index contributed by atoms with van der Waals surface area (Å²) in [6.07, 6.45) is 2.42. The molecule has 2 bridgehead atoms. The highest BCUT2D eigenvalue weighted by Gasteiger charge is 2.39. The molecule has 0 saturated heterocycles. The maximum atomic E-state index is 4.02. The third kappa shape index (κ3) is 0.518. The summed E-state index contributed by atoms with van der Waals surface area (Å²) >= 11 is 0. The van der Waals surface area contributed by atoms with Gasteiger partial charge in [-0.25, -0.2) is 0 Å². The van der Waals surface area contributed by atoms with Crippen molar-refractivity contribution >= 4 is 0 Å². The number of fused-ring (bicyclic) bond motifs is 2. The Balaban J connectivity index is 2.41. The van der Waals surface area contributed by atoms with Gasteiger partial charge in [0.25, 0.3) is 0 Å². The number of hydrogen-bond acceptors (Lipinski definition) is 0. The van der Waals surface area contributed by atoms with Gasteiger partial charge in [-0.3, -0.25) is 0 Å². The van der Waals surface area contributed by atoms with Crippen LogP contribution in [0.4, 0.5) is 0 Å². The van der Waals surface area contributed by atoms with E-state index in [1.54, 1.807) is 0 Å². The van der Waals surface area contributed by atoms with E-state index in [2.05, 4.69) is 19.7 Å². The van der Waals surface area contributed by atoms with Crippen LogP contribution in [0.3, 0.4) is 0 Å². The van der Waals surface area contributed by atoms with Crippen molar-refractivity contribution in [1.82, 2.24) is 0 Å². The molecule has 0 aromatic heterocycles. The molecule has 0 heteroatoms. The number of hydrogen-bond donors (Lipinski definition) is 0. The zero-order valence-electron chi connectivity index (χ0n) is 6.19. The Morgan fingerprint density at radius 3 is 2.20 bits per heavy atom. The second-order valence-electron chi connectivity index (χ2n) is 3.40. The Morgan fingerprint density at radius 2 is 1.80 bits per heavy atom. The van der Waals surface area contributed by atoms with Crippen molar-refractivity contribution < 1.29 is 0 Å².